The first-order valence-electron chi connectivity index (χ1n) is 8.31. The predicted molar refractivity (Wildman–Crippen MR) is 91.1 cm³/mol. The average molecular weight is 300 g/mol. The van der Waals surface area contributed by atoms with Gasteiger partial charge in [0.1, 0.15) is 5.75 Å². The molecule has 0 radical (unpaired) electrons. The minimum absolute atomic E-state index is 0.590. The lowest BCUT2D eigenvalue weighted by atomic mass is 10.0. The van der Waals surface area contributed by atoms with Gasteiger partial charge in [-0.2, -0.15) is 0 Å². The maximum Gasteiger partial charge on any atom is 0.119 e. The normalized spacial score (nSPS) is 12.5. The number of rotatable bonds is 9. The molecule has 0 aliphatic carbocycles. The SMILES string of the molecule is CC(C)CCCOc1ccc(CC(C)Cn2ccnc2)cc1. The Morgan fingerprint density at radius 2 is 1.91 bits per heavy atom. The Labute approximate surface area is 134 Å². The highest BCUT2D eigenvalue weighted by Crippen LogP contribution is 2.16. The highest BCUT2D eigenvalue weighted by atomic mass is 16.5. The van der Waals surface area contributed by atoms with Crippen LogP contribution < -0.4 is 4.74 Å². The van der Waals surface area contributed by atoms with E-state index >= 15 is 0 Å². The van der Waals surface area contributed by atoms with Gasteiger partial charge in [-0.1, -0.05) is 32.9 Å². The number of ether oxygens (including phenoxy) is 1. The van der Waals surface area contributed by atoms with Gasteiger partial charge < -0.3 is 9.30 Å². The molecule has 0 spiro atoms. The van der Waals surface area contributed by atoms with Crippen LogP contribution in [0.1, 0.15) is 39.2 Å². The molecule has 0 saturated heterocycles. The van der Waals surface area contributed by atoms with Gasteiger partial charge >= 0.3 is 0 Å². The van der Waals surface area contributed by atoms with E-state index in [0.29, 0.717) is 5.92 Å². The lowest BCUT2D eigenvalue weighted by molar-refractivity contribution is 0.297. The summed E-state index contributed by atoms with van der Waals surface area (Å²) in [5.41, 5.74) is 1.36. The Balaban J connectivity index is 1.74. The second-order valence-electron chi connectivity index (χ2n) is 6.60. The fourth-order valence-corrected chi connectivity index (χ4v) is 2.62. The van der Waals surface area contributed by atoms with Gasteiger partial charge in [-0.25, -0.2) is 4.98 Å². The summed E-state index contributed by atoms with van der Waals surface area (Å²) in [5.74, 6) is 2.32. The zero-order valence-electron chi connectivity index (χ0n) is 14.0. The quantitative estimate of drug-likeness (QED) is 0.634. The smallest absolute Gasteiger partial charge is 0.119 e. The van der Waals surface area contributed by atoms with E-state index in [4.69, 9.17) is 4.74 Å². The standard InChI is InChI=1S/C19H28N2O/c1-16(2)5-4-12-22-19-8-6-18(7-9-19)13-17(3)14-21-11-10-20-15-21/h6-11,15-17H,4-5,12-14H2,1-3H3. The van der Waals surface area contributed by atoms with E-state index in [1.54, 1.807) is 0 Å². The van der Waals surface area contributed by atoms with Crippen LogP contribution in [-0.2, 0) is 13.0 Å². The van der Waals surface area contributed by atoms with Gasteiger partial charge in [-0.3, -0.25) is 0 Å². The van der Waals surface area contributed by atoms with Crippen LogP contribution >= 0.6 is 0 Å². The molecule has 0 aliphatic heterocycles. The summed E-state index contributed by atoms with van der Waals surface area (Å²) in [6.45, 7) is 8.60. The minimum Gasteiger partial charge on any atom is -0.494 e. The molecule has 0 saturated carbocycles. The van der Waals surface area contributed by atoms with Crippen molar-refractivity contribution in [3.05, 3.63) is 48.5 Å². The van der Waals surface area contributed by atoms with E-state index in [0.717, 1.165) is 37.7 Å². The third-order valence-electron chi connectivity index (χ3n) is 3.78. The van der Waals surface area contributed by atoms with Crippen molar-refractivity contribution >= 4 is 0 Å². The second-order valence-corrected chi connectivity index (χ2v) is 6.60. The van der Waals surface area contributed by atoms with Gasteiger partial charge in [0.2, 0.25) is 0 Å². The summed E-state index contributed by atoms with van der Waals surface area (Å²) in [6.07, 6.45) is 9.16. The maximum absolute atomic E-state index is 5.79. The van der Waals surface area contributed by atoms with Crippen molar-refractivity contribution in [2.45, 2.75) is 46.6 Å². The first kappa shape index (κ1) is 16.6. The number of aromatic nitrogens is 2. The molecule has 3 heteroatoms. The van der Waals surface area contributed by atoms with E-state index in [1.165, 1.54) is 12.0 Å². The lowest BCUT2D eigenvalue weighted by Gasteiger charge is -2.13. The topological polar surface area (TPSA) is 27.1 Å². The summed E-state index contributed by atoms with van der Waals surface area (Å²) in [6, 6.07) is 8.55. The van der Waals surface area contributed by atoms with Crippen LogP contribution in [0.4, 0.5) is 0 Å². The third kappa shape index (κ3) is 5.92. The number of hydrogen-bond acceptors (Lipinski definition) is 2. The van der Waals surface area contributed by atoms with E-state index in [1.807, 2.05) is 18.7 Å². The molecular formula is C19H28N2O. The Morgan fingerprint density at radius 3 is 2.55 bits per heavy atom. The monoisotopic (exact) mass is 300 g/mol. The number of nitrogens with zero attached hydrogens (tertiary/aromatic N) is 2. The van der Waals surface area contributed by atoms with E-state index in [-0.39, 0.29) is 0 Å². The fourth-order valence-electron chi connectivity index (χ4n) is 2.62. The second kappa shape index (κ2) is 8.62. The van der Waals surface area contributed by atoms with E-state index < -0.39 is 0 Å². The largest absolute Gasteiger partial charge is 0.494 e. The van der Waals surface area contributed by atoms with E-state index in [2.05, 4.69) is 54.6 Å². The number of imidazole rings is 1. The Hall–Kier alpha value is -1.77. The summed E-state index contributed by atoms with van der Waals surface area (Å²) in [4.78, 5) is 4.09. The Kier molecular flexibility index (Phi) is 6.50. The van der Waals surface area contributed by atoms with Crippen molar-refractivity contribution in [1.29, 1.82) is 0 Å². The molecule has 1 atom stereocenters. The summed E-state index contributed by atoms with van der Waals surface area (Å²) in [5, 5.41) is 0. The minimum atomic E-state index is 0.590. The Morgan fingerprint density at radius 1 is 1.14 bits per heavy atom. The summed E-state index contributed by atoms with van der Waals surface area (Å²) in [7, 11) is 0. The van der Waals surface area contributed by atoms with Crippen LogP contribution in [0.2, 0.25) is 0 Å². The van der Waals surface area contributed by atoms with Crippen LogP contribution in [0.15, 0.2) is 43.0 Å². The molecule has 2 aromatic rings. The van der Waals surface area contributed by atoms with E-state index in [9.17, 15) is 0 Å². The zero-order chi connectivity index (χ0) is 15.8. The van der Waals surface area contributed by atoms with Crippen molar-refractivity contribution < 1.29 is 4.74 Å². The molecule has 1 aromatic heterocycles. The van der Waals surface area contributed by atoms with Gasteiger partial charge in [-0.05, 0) is 48.8 Å². The van der Waals surface area contributed by atoms with Gasteiger partial charge in [0.15, 0.2) is 0 Å². The first-order valence-corrected chi connectivity index (χ1v) is 8.31. The van der Waals surface area contributed by atoms with Gasteiger partial charge in [0.05, 0.1) is 12.9 Å². The van der Waals surface area contributed by atoms with Crippen molar-refractivity contribution in [3.8, 4) is 5.75 Å². The van der Waals surface area contributed by atoms with Crippen LogP contribution in [0, 0.1) is 11.8 Å². The van der Waals surface area contributed by atoms with Crippen LogP contribution in [0.5, 0.6) is 5.75 Å². The van der Waals surface area contributed by atoms with Crippen LogP contribution in [-0.4, -0.2) is 16.2 Å². The summed E-state index contributed by atoms with van der Waals surface area (Å²) >= 11 is 0. The molecule has 1 heterocycles. The molecule has 22 heavy (non-hydrogen) atoms. The molecule has 1 unspecified atom stereocenters. The van der Waals surface area contributed by atoms with Gasteiger partial charge in [0, 0.05) is 18.9 Å². The van der Waals surface area contributed by atoms with Crippen LogP contribution in [0.25, 0.3) is 0 Å². The molecular weight excluding hydrogens is 272 g/mol. The summed E-state index contributed by atoms with van der Waals surface area (Å²) < 4.78 is 7.93. The highest BCUT2D eigenvalue weighted by Gasteiger charge is 2.05. The molecule has 3 nitrogen and oxygen atoms in total. The third-order valence-corrected chi connectivity index (χ3v) is 3.78. The molecule has 2 rings (SSSR count). The van der Waals surface area contributed by atoms with Crippen molar-refractivity contribution in [2.24, 2.45) is 11.8 Å². The number of hydrogen-bond donors (Lipinski definition) is 0. The van der Waals surface area contributed by atoms with Crippen molar-refractivity contribution in [2.75, 3.05) is 6.61 Å². The molecule has 0 bridgehead atoms. The van der Waals surface area contributed by atoms with Crippen molar-refractivity contribution in [3.63, 3.8) is 0 Å². The molecule has 0 N–H and O–H groups in total. The van der Waals surface area contributed by atoms with Gasteiger partial charge in [-0.15, -0.1) is 0 Å². The Bertz CT molecular complexity index is 517. The predicted octanol–water partition coefficient (Wildman–Crippen LogP) is 4.58. The molecule has 0 fully saturated rings. The van der Waals surface area contributed by atoms with Crippen molar-refractivity contribution in [1.82, 2.24) is 9.55 Å². The first-order chi connectivity index (χ1) is 10.6. The molecule has 0 amide bonds. The molecule has 0 aliphatic rings. The zero-order valence-corrected chi connectivity index (χ0v) is 14.0. The molecule has 1 aromatic carbocycles. The average Bonchev–Trinajstić information content (AvgIpc) is 2.98. The van der Waals surface area contributed by atoms with Crippen LogP contribution in [0.3, 0.4) is 0 Å². The molecule has 120 valence electrons. The maximum atomic E-state index is 5.79. The van der Waals surface area contributed by atoms with Gasteiger partial charge in [0.25, 0.3) is 0 Å². The number of benzene rings is 1. The fraction of sp³-hybridized carbons (Fsp3) is 0.526. The lowest BCUT2D eigenvalue weighted by Crippen LogP contribution is -2.08. The highest BCUT2D eigenvalue weighted by molar-refractivity contribution is 5.27.